The fraction of sp³-hybridized carbons (Fsp3) is 0.776. The Morgan fingerprint density at radius 1 is 0.471 bits per heavy atom. The maximum absolute atomic E-state index is 13.7. The molecule has 6 amide bonds. The second-order valence-corrected chi connectivity index (χ2v) is 22.7. The average Bonchev–Trinajstić information content (AvgIpc) is 0.832. The Bertz CT molecular complexity index is 2390. The minimum Gasteiger partial charge on any atom is -0.668 e. The third-order valence-electron chi connectivity index (χ3n) is 15.5. The number of aromatic hydroxyl groups is 1. The number of aliphatic hydroxyl groups is 8. The van der Waals surface area contributed by atoms with Crippen molar-refractivity contribution in [2.24, 2.45) is 5.73 Å². The molecule has 11 radical (unpaired) electrons. The van der Waals surface area contributed by atoms with Gasteiger partial charge in [-0.1, -0.05) is 43.1 Å². The summed E-state index contributed by atoms with van der Waals surface area (Å²) in [4.78, 5) is 91.3. The summed E-state index contributed by atoms with van der Waals surface area (Å²) in [6.07, 6.45) is -12.3. The minimum atomic E-state index is -1.55. The first-order valence-corrected chi connectivity index (χ1v) is 31.1. The van der Waals surface area contributed by atoms with Crippen LogP contribution in [0.25, 0.3) is 17.2 Å². The number of amides is 6. The number of hydrogen-bond donors (Lipinski definition) is 16. The van der Waals surface area contributed by atoms with Gasteiger partial charge in [0.05, 0.1) is 44.0 Å². The van der Waals surface area contributed by atoms with Crippen LogP contribution in [0.3, 0.4) is 0 Å². The summed E-state index contributed by atoms with van der Waals surface area (Å²) in [6, 6.07) is -1.66. The molecule has 102 heavy (non-hydrogen) atoms. The quantitative estimate of drug-likeness (QED) is 0.0226. The van der Waals surface area contributed by atoms with Crippen LogP contribution in [0.4, 0.5) is 0 Å². The molecule has 3 fully saturated rings. The second-order valence-electron chi connectivity index (χ2n) is 22.7. The molecular weight excluding hydrogens is 3700 g/mol. The van der Waals surface area contributed by atoms with E-state index in [1.807, 2.05) is 0 Å². The number of carbonyl (C=O) groups is 7. The van der Waals surface area contributed by atoms with Gasteiger partial charge in [0.1, 0.15) is 79.9 Å². The molecule has 18 atom stereocenters. The number of nitrogens with two attached hydrogens (primary N) is 1. The van der Waals surface area contributed by atoms with Crippen molar-refractivity contribution < 1.29 is 597 Å². The van der Waals surface area contributed by atoms with Crippen molar-refractivity contribution in [3.63, 3.8) is 0 Å². The van der Waals surface area contributed by atoms with Crippen LogP contribution in [0.15, 0.2) is 24.3 Å². The van der Waals surface area contributed by atoms with E-state index in [4.69, 9.17) is 56.1 Å². The molecule has 0 saturated carbocycles. The predicted molar refractivity (Wildman–Crippen MR) is 320 cm³/mol. The molecule has 553 valence electrons. The largest absolute Gasteiger partial charge is 0.668 e. The number of esters is 1. The topological polar surface area (TPSA) is 536 Å². The van der Waals surface area contributed by atoms with Crippen LogP contribution in [0.5, 0.6) is 5.75 Å². The van der Waals surface area contributed by atoms with Crippen molar-refractivity contribution in [2.45, 2.75) is 219 Å². The van der Waals surface area contributed by atoms with Gasteiger partial charge in [0.2, 0.25) is 35.4 Å². The Hall–Kier alpha value is 10.4. The number of ether oxygens (including phenoxy) is 7. The van der Waals surface area contributed by atoms with E-state index in [9.17, 15) is 79.5 Å². The van der Waals surface area contributed by atoms with E-state index >= 15 is 0 Å². The Labute approximate surface area is 991 Å². The monoisotopic (exact) mass is 3800 g/mol. The van der Waals surface area contributed by atoms with Gasteiger partial charge in [0, 0.05) is 550 Å². The molecule has 3 aliphatic rings. The molecule has 33 nitrogen and oxygen atoms in total. The smallest absolute Gasteiger partial charge is 0.306 e. The molecular formula is C58H97Ac11N10O23-3. The van der Waals surface area contributed by atoms with E-state index in [1.54, 1.807) is 12.1 Å². The maximum Gasteiger partial charge on any atom is 0.306 e. The fourth-order valence-electron chi connectivity index (χ4n) is 9.83. The van der Waals surface area contributed by atoms with Crippen molar-refractivity contribution in [2.75, 3.05) is 66.3 Å². The molecule has 20 N–H and O–H groups in total. The Morgan fingerprint density at radius 3 is 1.26 bits per heavy atom. The molecule has 0 spiro atoms. The first kappa shape index (κ1) is 128. The fourth-order valence-corrected chi connectivity index (χ4v) is 9.83. The number of unbranched alkanes of at least 4 members (excludes halogenated alkanes) is 7. The van der Waals surface area contributed by atoms with Gasteiger partial charge in [0.25, 0.3) is 0 Å². The number of rotatable bonds is 42. The van der Waals surface area contributed by atoms with Crippen molar-refractivity contribution in [3.8, 4) is 5.75 Å². The van der Waals surface area contributed by atoms with E-state index in [-0.39, 0.29) is 581 Å². The summed E-state index contributed by atoms with van der Waals surface area (Å²) in [5.74, 6) is -4.17. The van der Waals surface area contributed by atoms with Gasteiger partial charge >= 0.3 is 5.97 Å². The van der Waals surface area contributed by atoms with Crippen LogP contribution in [0.2, 0.25) is 0 Å². The average molecular weight is 3800 g/mol. The van der Waals surface area contributed by atoms with E-state index in [2.05, 4.69) is 31.9 Å². The number of carbonyl (C=O) groups excluding carboxylic acids is 7. The first-order valence-electron chi connectivity index (χ1n) is 31.1. The molecule has 3 aliphatic heterocycles. The zero-order valence-corrected chi connectivity index (χ0v) is 110. The van der Waals surface area contributed by atoms with Crippen LogP contribution >= 0.6 is 0 Å². The van der Waals surface area contributed by atoms with Crippen LogP contribution in [0.1, 0.15) is 108 Å². The molecule has 1 aromatic rings. The molecule has 0 bridgehead atoms. The van der Waals surface area contributed by atoms with Gasteiger partial charge in [0.15, 0.2) is 0 Å². The zero-order valence-electron chi connectivity index (χ0n) is 57.8. The van der Waals surface area contributed by atoms with Crippen molar-refractivity contribution in [1.29, 1.82) is 0 Å². The molecule has 1 aromatic carbocycles. The van der Waals surface area contributed by atoms with E-state index in [0.717, 1.165) is 0 Å². The zero-order chi connectivity index (χ0) is 67.0. The van der Waals surface area contributed by atoms with Crippen LogP contribution in [-0.4, -0.2) is 264 Å². The molecule has 4 rings (SSSR count). The third-order valence-corrected chi connectivity index (χ3v) is 15.5. The van der Waals surface area contributed by atoms with Gasteiger partial charge in [-0.3, -0.25) is 33.6 Å². The molecule has 18 unspecified atom stereocenters. The van der Waals surface area contributed by atoms with E-state index in [1.165, 1.54) is 19.2 Å². The predicted octanol–water partition coefficient (Wildman–Crippen LogP) is -3.25. The summed E-state index contributed by atoms with van der Waals surface area (Å²) in [5.41, 5.74) is 31.3. The second kappa shape index (κ2) is 75.2. The number of aliphatic hydroxyl groups excluding tert-OH is 8. The Balaban J connectivity index is -0.00000134. The van der Waals surface area contributed by atoms with Crippen LogP contribution in [0, 0.1) is 485 Å². The van der Waals surface area contributed by atoms with Crippen LogP contribution in [-0.2, 0) is 73.1 Å². The minimum absolute atomic E-state index is 0. The van der Waals surface area contributed by atoms with Crippen molar-refractivity contribution in [1.82, 2.24) is 31.9 Å². The standard InChI is InChI=1S/C58H97N10O23.11Ac/c1-63-40(72)20-21-43(75)88-31-39-49(78)52(81)46(62)58(91-39)87-25-9-3-2-6-22-64-41(73)18-16-35(54(83)65-23-7-4-10-26-85-56-44(60)50(79)47(76)37(29-69)89-56)67-42(74)19-17-36(68-53(82)34(59)28-32-12-14-33(71)15-13-32)55(84)66-24-8-5-11-27-86-57-45(61)51(80)48(77)38(30-70)90-57;;;;;;;;;;;/h12-15,34-39,44-52,56-58,60-62,69-71,76-81H,2-11,16-31,59H2,1H3,(H,63,72)(H,64,73)(H,65,83)(H,66,84)(H,67,74)(H,68,82);;;;;;;;;;;/q-3;;;;;;;;;;;. The maximum atomic E-state index is 13.7. The van der Waals surface area contributed by atoms with Gasteiger partial charge < -0.3 is 134 Å². The van der Waals surface area contributed by atoms with Gasteiger partial charge in [-0.25, -0.2) is 0 Å². The summed E-state index contributed by atoms with van der Waals surface area (Å²) in [6.45, 7) is -0.809. The first-order chi connectivity index (χ1) is 43.5. The SMILES string of the molecule is CNC(=O)CCC(=O)OCC1OC(OCCCCCCNC(=O)CCC(NC(=O)CCC(NC(=O)C(N)Cc2ccc(O)cc2)C(=O)NCCCCCOC2OC(CO)C(O)C(O)C2[NH-])C(=O)NCCCCCOC2OC(CO)C(O)C(O)C2[NH-])C([NH-])C(O)C1O.[Ac].[Ac].[Ac].[Ac].[Ac].[Ac].[Ac].[Ac].[Ac].[Ac].[Ac]. The number of phenols is 1. The molecule has 3 saturated heterocycles. The van der Waals surface area contributed by atoms with E-state index < -0.39 is 165 Å². The van der Waals surface area contributed by atoms with Crippen molar-refractivity contribution in [3.05, 3.63) is 47.0 Å². The number of benzene rings is 1. The van der Waals surface area contributed by atoms with Crippen LogP contribution < -0.4 is 37.6 Å². The van der Waals surface area contributed by atoms with Gasteiger partial charge in [-0.15, -0.1) is 0 Å². The summed E-state index contributed by atoms with van der Waals surface area (Å²) < 4.78 is 38.5. The molecule has 0 aromatic heterocycles. The summed E-state index contributed by atoms with van der Waals surface area (Å²) in [5, 5.41) is 106. The number of phenolic OH excluding ortho intramolecular Hbond substituents is 1. The summed E-state index contributed by atoms with van der Waals surface area (Å²) in [7, 11) is 1.42. The Morgan fingerprint density at radius 2 is 0.843 bits per heavy atom. The third kappa shape index (κ3) is 50.8. The van der Waals surface area contributed by atoms with E-state index in [0.29, 0.717) is 69.8 Å². The summed E-state index contributed by atoms with van der Waals surface area (Å²) >= 11 is 0. The van der Waals surface area contributed by atoms with Crippen molar-refractivity contribution >= 4 is 41.4 Å². The molecule has 44 heteroatoms. The normalized spacial score (nSPS) is 24.6. The Kier molecular flexibility index (Phi) is 94.4. The van der Waals surface area contributed by atoms with Gasteiger partial charge in [-0.05, 0) is 88.3 Å². The number of hydrogen-bond acceptors (Lipinski definition) is 24. The molecule has 0 aliphatic carbocycles. The van der Waals surface area contributed by atoms with Gasteiger partial charge in [-0.2, -0.15) is 0 Å². The number of nitrogens with one attached hydrogen (secondary N) is 9. The molecule has 3 heterocycles.